The number of aryl methyl sites for hydroxylation is 1. The van der Waals surface area contributed by atoms with Crippen molar-refractivity contribution in [2.24, 2.45) is 0 Å². The van der Waals surface area contributed by atoms with Crippen LogP contribution < -0.4 is 5.32 Å². The van der Waals surface area contributed by atoms with Gasteiger partial charge in [0.1, 0.15) is 11.9 Å². The van der Waals surface area contributed by atoms with E-state index in [0.29, 0.717) is 17.3 Å². The average Bonchev–Trinajstić information content (AvgIpc) is 3.20. The number of hydrogen-bond donors (Lipinski definition) is 1. The summed E-state index contributed by atoms with van der Waals surface area (Å²) in [6.45, 7) is 4.07. The van der Waals surface area contributed by atoms with E-state index in [2.05, 4.69) is 15.5 Å². The van der Waals surface area contributed by atoms with E-state index in [1.54, 1.807) is 18.2 Å². The molecule has 0 saturated heterocycles. The van der Waals surface area contributed by atoms with Gasteiger partial charge in [-0.1, -0.05) is 48.5 Å². The molecule has 0 bridgehead atoms. The first-order chi connectivity index (χ1) is 13.6. The van der Waals surface area contributed by atoms with E-state index in [-0.39, 0.29) is 5.82 Å². The molecule has 0 fully saturated rings. The summed E-state index contributed by atoms with van der Waals surface area (Å²) < 4.78 is 20.5. The lowest BCUT2D eigenvalue weighted by Gasteiger charge is -2.19. The van der Waals surface area contributed by atoms with Crippen molar-refractivity contribution in [3.63, 3.8) is 0 Å². The zero-order valence-electron chi connectivity index (χ0n) is 15.7. The molecule has 3 aromatic carbocycles. The van der Waals surface area contributed by atoms with E-state index in [9.17, 15) is 4.39 Å². The van der Waals surface area contributed by atoms with Crippen LogP contribution in [0.3, 0.4) is 0 Å². The highest BCUT2D eigenvalue weighted by atomic mass is 19.1. The SMILES string of the molecule is Cc1cccc(N[C@H](c2nnc(-c3ccccc3)o2)c2ccccc2F)c1C. The zero-order valence-corrected chi connectivity index (χ0v) is 15.7. The smallest absolute Gasteiger partial charge is 0.247 e. The summed E-state index contributed by atoms with van der Waals surface area (Å²) in [5.74, 6) is 0.384. The highest BCUT2D eigenvalue weighted by Gasteiger charge is 2.24. The Kier molecular flexibility index (Phi) is 4.89. The van der Waals surface area contributed by atoms with E-state index < -0.39 is 6.04 Å². The van der Waals surface area contributed by atoms with Crippen molar-refractivity contribution in [3.05, 3.63) is 101 Å². The van der Waals surface area contributed by atoms with Crippen molar-refractivity contribution in [2.75, 3.05) is 5.32 Å². The van der Waals surface area contributed by atoms with Crippen LogP contribution in [0.25, 0.3) is 11.5 Å². The molecule has 0 radical (unpaired) electrons. The minimum Gasteiger partial charge on any atom is -0.418 e. The minimum absolute atomic E-state index is 0.310. The van der Waals surface area contributed by atoms with Crippen LogP contribution in [0.4, 0.5) is 10.1 Å². The molecule has 0 aliphatic heterocycles. The first kappa shape index (κ1) is 17.9. The first-order valence-electron chi connectivity index (χ1n) is 9.09. The lowest BCUT2D eigenvalue weighted by Crippen LogP contribution is -2.15. The van der Waals surface area contributed by atoms with Crippen LogP contribution in [0.2, 0.25) is 0 Å². The maximum absolute atomic E-state index is 14.6. The lowest BCUT2D eigenvalue weighted by atomic mass is 10.0. The van der Waals surface area contributed by atoms with Crippen LogP contribution in [0.5, 0.6) is 0 Å². The molecule has 5 heteroatoms. The predicted octanol–water partition coefficient (Wildman–Crippen LogP) is 5.69. The van der Waals surface area contributed by atoms with Crippen LogP contribution in [0.15, 0.2) is 77.2 Å². The molecule has 4 rings (SSSR count). The van der Waals surface area contributed by atoms with Gasteiger partial charge in [-0.3, -0.25) is 0 Å². The molecule has 0 aliphatic rings. The largest absolute Gasteiger partial charge is 0.418 e. The van der Waals surface area contributed by atoms with Crippen LogP contribution in [0, 0.1) is 19.7 Å². The Labute approximate surface area is 163 Å². The van der Waals surface area contributed by atoms with Crippen LogP contribution >= 0.6 is 0 Å². The quantitative estimate of drug-likeness (QED) is 0.488. The third-order valence-corrected chi connectivity index (χ3v) is 4.83. The van der Waals surface area contributed by atoms with Gasteiger partial charge < -0.3 is 9.73 Å². The summed E-state index contributed by atoms with van der Waals surface area (Å²) in [6.07, 6.45) is 0. The fourth-order valence-corrected chi connectivity index (χ4v) is 3.09. The van der Waals surface area contributed by atoms with Gasteiger partial charge in [0.15, 0.2) is 0 Å². The predicted molar refractivity (Wildman–Crippen MR) is 108 cm³/mol. The molecule has 4 nitrogen and oxygen atoms in total. The number of nitrogens with one attached hydrogen (secondary N) is 1. The number of halogens is 1. The molecular weight excluding hydrogens is 353 g/mol. The Morgan fingerprint density at radius 3 is 2.39 bits per heavy atom. The van der Waals surface area contributed by atoms with Crippen molar-refractivity contribution in [3.8, 4) is 11.5 Å². The summed E-state index contributed by atoms with van der Waals surface area (Å²) in [4.78, 5) is 0. The third kappa shape index (κ3) is 3.51. The van der Waals surface area contributed by atoms with E-state index in [1.807, 2.05) is 62.4 Å². The van der Waals surface area contributed by atoms with Gasteiger partial charge in [-0.2, -0.15) is 0 Å². The number of nitrogens with zero attached hydrogens (tertiary/aromatic N) is 2. The number of benzene rings is 3. The second kappa shape index (κ2) is 7.64. The van der Waals surface area contributed by atoms with Gasteiger partial charge in [0.25, 0.3) is 0 Å². The Morgan fingerprint density at radius 1 is 0.857 bits per heavy atom. The summed E-state index contributed by atoms with van der Waals surface area (Å²) >= 11 is 0. The molecule has 0 aliphatic carbocycles. The molecule has 0 spiro atoms. The van der Waals surface area contributed by atoms with Crippen molar-refractivity contribution in [1.29, 1.82) is 0 Å². The van der Waals surface area contributed by atoms with Gasteiger partial charge in [0.05, 0.1) is 0 Å². The van der Waals surface area contributed by atoms with Crippen LogP contribution in [-0.4, -0.2) is 10.2 Å². The summed E-state index contributed by atoms with van der Waals surface area (Å²) in [5.41, 5.74) is 4.40. The fourth-order valence-electron chi connectivity index (χ4n) is 3.09. The Morgan fingerprint density at radius 2 is 1.61 bits per heavy atom. The third-order valence-electron chi connectivity index (χ3n) is 4.83. The molecule has 1 aromatic heterocycles. The number of anilines is 1. The standard InChI is InChI=1S/C23H20FN3O/c1-15-9-8-14-20(16(15)2)25-21(18-12-6-7-13-19(18)24)23-27-26-22(28-23)17-10-4-3-5-11-17/h3-14,21,25H,1-2H3/t21-/m0/s1. The minimum atomic E-state index is -0.605. The molecule has 1 atom stereocenters. The molecular formula is C23H20FN3O. The van der Waals surface area contributed by atoms with Crippen molar-refractivity contribution >= 4 is 5.69 Å². The van der Waals surface area contributed by atoms with Crippen LogP contribution in [-0.2, 0) is 0 Å². The second-order valence-corrected chi connectivity index (χ2v) is 6.66. The number of rotatable bonds is 5. The normalized spacial score (nSPS) is 12.0. The lowest BCUT2D eigenvalue weighted by molar-refractivity contribution is 0.485. The van der Waals surface area contributed by atoms with Gasteiger partial charge in [-0.15, -0.1) is 10.2 Å². The Balaban J connectivity index is 1.77. The van der Waals surface area contributed by atoms with E-state index in [0.717, 1.165) is 22.4 Å². The Bertz CT molecular complexity index is 1090. The number of hydrogen-bond acceptors (Lipinski definition) is 4. The maximum atomic E-state index is 14.6. The molecule has 0 saturated carbocycles. The molecule has 0 amide bonds. The van der Waals surface area contributed by atoms with Gasteiger partial charge >= 0.3 is 0 Å². The summed E-state index contributed by atoms with van der Waals surface area (Å²) in [5, 5.41) is 11.8. The topological polar surface area (TPSA) is 51.0 Å². The maximum Gasteiger partial charge on any atom is 0.247 e. The van der Waals surface area contributed by atoms with E-state index in [1.165, 1.54) is 6.07 Å². The highest BCUT2D eigenvalue weighted by Crippen LogP contribution is 2.31. The second-order valence-electron chi connectivity index (χ2n) is 6.66. The van der Waals surface area contributed by atoms with Gasteiger partial charge in [0.2, 0.25) is 11.8 Å². The molecule has 0 unspecified atom stereocenters. The molecule has 140 valence electrons. The zero-order chi connectivity index (χ0) is 19.5. The van der Waals surface area contributed by atoms with Crippen molar-refractivity contribution in [1.82, 2.24) is 10.2 Å². The van der Waals surface area contributed by atoms with E-state index >= 15 is 0 Å². The molecule has 1 heterocycles. The molecule has 4 aromatic rings. The van der Waals surface area contributed by atoms with Gasteiger partial charge in [0, 0.05) is 16.8 Å². The van der Waals surface area contributed by atoms with E-state index in [4.69, 9.17) is 4.42 Å². The van der Waals surface area contributed by atoms with Gasteiger partial charge in [-0.25, -0.2) is 4.39 Å². The molecule has 1 N–H and O–H groups in total. The van der Waals surface area contributed by atoms with Gasteiger partial charge in [-0.05, 0) is 49.2 Å². The highest BCUT2D eigenvalue weighted by molar-refractivity contribution is 5.56. The monoisotopic (exact) mass is 373 g/mol. The van der Waals surface area contributed by atoms with Crippen LogP contribution in [0.1, 0.15) is 28.6 Å². The average molecular weight is 373 g/mol. The summed E-state index contributed by atoms with van der Waals surface area (Å²) in [7, 11) is 0. The Hall–Kier alpha value is -3.47. The van der Waals surface area contributed by atoms with Crippen molar-refractivity contribution in [2.45, 2.75) is 19.9 Å². The number of aromatic nitrogens is 2. The first-order valence-corrected chi connectivity index (χ1v) is 9.09. The van der Waals surface area contributed by atoms with Crippen molar-refractivity contribution < 1.29 is 8.81 Å². The summed E-state index contributed by atoms with van der Waals surface area (Å²) in [6, 6.07) is 21.5. The molecule has 28 heavy (non-hydrogen) atoms. The fraction of sp³-hybridized carbons (Fsp3) is 0.130.